The van der Waals surface area contributed by atoms with Crippen LogP contribution in [0.25, 0.3) is 11.5 Å². The summed E-state index contributed by atoms with van der Waals surface area (Å²) in [6, 6.07) is 11.7. The average molecular weight is 310 g/mol. The van der Waals surface area contributed by atoms with E-state index in [1.54, 1.807) is 43.6 Å². The molecule has 0 saturated carbocycles. The van der Waals surface area contributed by atoms with E-state index in [1.165, 1.54) is 6.07 Å². The molecule has 0 bridgehead atoms. The highest BCUT2D eigenvalue weighted by Gasteiger charge is 2.12. The zero-order valence-electron chi connectivity index (χ0n) is 12.5. The van der Waals surface area contributed by atoms with Crippen molar-refractivity contribution in [1.82, 2.24) is 10.3 Å². The Morgan fingerprint density at radius 2 is 2.13 bits per heavy atom. The van der Waals surface area contributed by atoms with Crippen molar-refractivity contribution in [2.24, 2.45) is 0 Å². The molecule has 0 unspecified atom stereocenters. The first-order valence-electron chi connectivity index (χ1n) is 7.17. The van der Waals surface area contributed by atoms with Crippen LogP contribution in [0.5, 0.6) is 0 Å². The fraction of sp³-hybridized carbons (Fsp3) is 0.111. The maximum absolute atomic E-state index is 13.6. The molecule has 23 heavy (non-hydrogen) atoms. The van der Waals surface area contributed by atoms with Crippen LogP contribution >= 0.6 is 0 Å². The Labute approximate surface area is 133 Å². The molecule has 0 radical (unpaired) electrons. The van der Waals surface area contributed by atoms with Gasteiger partial charge in [0.05, 0.1) is 6.26 Å². The maximum Gasteiger partial charge on any atom is 0.251 e. The van der Waals surface area contributed by atoms with E-state index in [2.05, 4.69) is 10.3 Å². The predicted molar refractivity (Wildman–Crippen MR) is 84.2 cm³/mol. The second-order valence-corrected chi connectivity index (χ2v) is 5.14. The van der Waals surface area contributed by atoms with Gasteiger partial charge in [-0.25, -0.2) is 4.39 Å². The Morgan fingerprint density at radius 3 is 2.87 bits per heavy atom. The van der Waals surface area contributed by atoms with E-state index in [0.717, 1.165) is 5.56 Å². The molecule has 0 fully saturated rings. The third kappa shape index (κ3) is 3.29. The lowest BCUT2D eigenvalue weighted by Crippen LogP contribution is -2.23. The highest BCUT2D eigenvalue weighted by Crippen LogP contribution is 2.21. The van der Waals surface area contributed by atoms with Gasteiger partial charge in [0.2, 0.25) is 0 Å². The summed E-state index contributed by atoms with van der Waals surface area (Å²) in [6.07, 6.45) is 3.24. The van der Waals surface area contributed by atoms with Crippen molar-refractivity contribution in [2.45, 2.75) is 13.5 Å². The first-order valence-corrected chi connectivity index (χ1v) is 7.17. The van der Waals surface area contributed by atoms with E-state index in [9.17, 15) is 9.18 Å². The molecule has 1 N–H and O–H groups in total. The average Bonchev–Trinajstić information content (AvgIpc) is 3.10. The number of rotatable bonds is 4. The first kappa shape index (κ1) is 15.0. The van der Waals surface area contributed by atoms with Crippen molar-refractivity contribution in [3.05, 3.63) is 77.4 Å². The van der Waals surface area contributed by atoms with Gasteiger partial charge in [-0.3, -0.25) is 9.78 Å². The van der Waals surface area contributed by atoms with E-state index < -0.39 is 5.82 Å². The van der Waals surface area contributed by atoms with Crippen molar-refractivity contribution < 1.29 is 13.6 Å². The standard InChI is InChI=1S/C18H15FN2O2/c1-12-6-7-13(10-15(12)19)18(22)21-11-14-4-2-8-20-17(14)16-5-3-9-23-16/h2-10H,11H2,1H3,(H,21,22). The Kier molecular flexibility index (Phi) is 4.19. The molecular weight excluding hydrogens is 295 g/mol. The smallest absolute Gasteiger partial charge is 0.251 e. The summed E-state index contributed by atoms with van der Waals surface area (Å²) in [5, 5.41) is 2.78. The van der Waals surface area contributed by atoms with Crippen molar-refractivity contribution in [2.75, 3.05) is 0 Å². The van der Waals surface area contributed by atoms with E-state index in [1.807, 2.05) is 12.1 Å². The van der Waals surface area contributed by atoms with Gasteiger partial charge in [-0.2, -0.15) is 0 Å². The van der Waals surface area contributed by atoms with Crippen LogP contribution in [0.15, 0.2) is 59.3 Å². The second kappa shape index (κ2) is 6.44. The summed E-state index contributed by atoms with van der Waals surface area (Å²) in [5.41, 5.74) is 2.29. The molecule has 4 nitrogen and oxygen atoms in total. The van der Waals surface area contributed by atoms with Gasteiger partial charge in [-0.1, -0.05) is 12.1 Å². The molecule has 0 saturated heterocycles. The third-order valence-electron chi connectivity index (χ3n) is 3.52. The molecule has 1 amide bonds. The number of furan rings is 1. The summed E-state index contributed by atoms with van der Waals surface area (Å²) in [5.74, 6) is -0.0929. The van der Waals surface area contributed by atoms with Crippen molar-refractivity contribution >= 4 is 5.91 Å². The minimum Gasteiger partial charge on any atom is -0.463 e. The Hall–Kier alpha value is -2.95. The van der Waals surface area contributed by atoms with Gasteiger partial charge in [0, 0.05) is 23.9 Å². The lowest BCUT2D eigenvalue weighted by Gasteiger charge is -2.09. The number of carbonyl (C=O) groups is 1. The molecule has 116 valence electrons. The first-order chi connectivity index (χ1) is 11.1. The molecule has 2 aromatic heterocycles. The third-order valence-corrected chi connectivity index (χ3v) is 3.52. The molecule has 5 heteroatoms. The number of hydrogen-bond donors (Lipinski definition) is 1. The van der Waals surface area contributed by atoms with Crippen molar-refractivity contribution in [1.29, 1.82) is 0 Å². The fourth-order valence-electron chi connectivity index (χ4n) is 2.23. The number of nitrogens with zero attached hydrogens (tertiary/aromatic N) is 1. The Balaban J connectivity index is 1.76. The molecule has 2 heterocycles. The van der Waals surface area contributed by atoms with Crippen molar-refractivity contribution in [3.63, 3.8) is 0 Å². The highest BCUT2D eigenvalue weighted by atomic mass is 19.1. The van der Waals surface area contributed by atoms with Crippen molar-refractivity contribution in [3.8, 4) is 11.5 Å². The molecule has 0 spiro atoms. The highest BCUT2D eigenvalue weighted by molar-refractivity contribution is 5.94. The summed E-state index contributed by atoms with van der Waals surface area (Å²) >= 11 is 0. The van der Waals surface area contributed by atoms with E-state index in [-0.39, 0.29) is 18.0 Å². The van der Waals surface area contributed by atoms with E-state index >= 15 is 0 Å². The molecule has 3 aromatic rings. The normalized spacial score (nSPS) is 10.5. The Morgan fingerprint density at radius 1 is 1.26 bits per heavy atom. The van der Waals surface area contributed by atoms with E-state index in [0.29, 0.717) is 17.0 Å². The predicted octanol–water partition coefficient (Wildman–Crippen LogP) is 3.72. The van der Waals surface area contributed by atoms with Crippen LogP contribution < -0.4 is 5.32 Å². The topological polar surface area (TPSA) is 55.1 Å². The lowest BCUT2D eigenvalue weighted by atomic mass is 10.1. The summed E-state index contributed by atoms with van der Waals surface area (Å²) in [7, 11) is 0. The van der Waals surface area contributed by atoms with Crippen LogP contribution in [0.2, 0.25) is 0 Å². The molecule has 0 aliphatic heterocycles. The fourth-order valence-corrected chi connectivity index (χ4v) is 2.23. The van der Waals surface area contributed by atoms with Gasteiger partial charge >= 0.3 is 0 Å². The number of nitrogens with one attached hydrogen (secondary N) is 1. The van der Waals surface area contributed by atoms with Gasteiger partial charge in [-0.05, 0) is 42.8 Å². The minimum atomic E-state index is -0.393. The van der Waals surface area contributed by atoms with Gasteiger partial charge in [0.1, 0.15) is 11.5 Å². The Bertz CT molecular complexity index is 829. The number of halogens is 1. The summed E-state index contributed by atoms with van der Waals surface area (Å²) in [4.78, 5) is 16.5. The molecule has 3 rings (SSSR count). The molecule has 0 aliphatic carbocycles. The molecule has 0 atom stereocenters. The minimum absolute atomic E-state index is 0.276. The van der Waals surface area contributed by atoms with Crippen LogP contribution in [0.1, 0.15) is 21.5 Å². The molecule has 0 aliphatic rings. The van der Waals surface area contributed by atoms with Crippen LogP contribution in [-0.4, -0.2) is 10.9 Å². The number of aryl methyl sites for hydroxylation is 1. The lowest BCUT2D eigenvalue weighted by molar-refractivity contribution is 0.0950. The van der Waals surface area contributed by atoms with Crippen LogP contribution in [0.4, 0.5) is 4.39 Å². The van der Waals surface area contributed by atoms with Gasteiger partial charge in [0.25, 0.3) is 5.91 Å². The number of benzene rings is 1. The largest absolute Gasteiger partial charge is 0.463 e. The molecular formula is C18H15FN2O2. The van der Waals surface area contributed by atoms with Gasteiger partial charge < -0.3 is 9.73 Å². The number of amides is 1. The molecule has 1 aromatic carbocycles. The second-order valence-electron chi connectivity index (χ2n) is 5.14. The number of carbonyl (C=O) groups excluding carboxylic acids is 1. The quantitative estimate of drug-likeness (QED) is 0.799. The summed E-state index contributed by atoms with van der Waals surface area (Å²) < 4.78 is 18.9. The summed E-state index contributed by atoms with van der Waals surface area (Å²) in [6.45, 7) is 1.93. The number of hydrogen-bond acceptors (Lipinski definition) is 3. The zero-order chi connectivity index (χ0) is 16.2. The van der Waals surface area contributed by atoms with Crippen LogP contribution in [-0.2, 0) is 6.54 Å². The SMILES string of the molecule is Cc1ccc(C(=O)NCc2cccnc2-c2ccco2)cc1F. The van der Waals surface area contributed by atoms with Crippen LogP contribution in [0.3, 0.4) is 0 Å². The van der Waals surface area contributed by atoms with Crippen LogP contribution in [0, 0.1) is 12.7 Å². The maximum atomic E-state index is 13.6. The monoisotopic (exact) mass is 310 g/mol. The number of aromatic nitrogens is 1. The van der Waals surface area contributed by atoms with Gasteiger partial charge in [0.15, 0.2) is 5.76 Å². The zero-order valence-corrected chi connectivity index (χ0v) is 12.5. The van der Waals surface area contributed by atoms with Gasteiger partial charge in [-0.15, -0.1) is 0 Å². The van der Waals surface area contributed by atoms with E-state index in [4.69, 9.17) is 4.42 Å². The number of pyridine rings is 1.